The van der Waals surface area contributed by atoms with Crippen molar-refractivity contribution in [3.63, 3.8) is 0 Å². The number of benzene rings is 1. The summed E-state index contributed by atoms with van der Waals surface area (Å²) in [5, 5.41) is 10.4. The normalized spacial score (nSPS) is 21.6. The Morgan fingerprint density at radius 2 is 2.05 bits per heavy atom. The second kappa shape index (κ2) is 5.99. The standard InChI is InChI=1S/C15H18FNO2/c1-3-7-17(8-4-2)13-10-19-14-6-5-11(16)9-12(14)15(13)18/h3-6,9,13,15,18H,1-2,7-8,10H2. The molecule has 2 atom stereocenters. The van der Waals surface area contributed by atoms with Gasteiger partial charge in [-0.3, -0.25) is 4.90 Å². The fraction of sp³-hybridized carbons (Fsp3) is 0.333. The van der Waals surface area contributed by atoms with Gasteiger partial charge in [0, 0.05) is 18.7 Å². The average molecular weight is 263 g/mol. The molecule has 4 heteroatoms. The Morgan fingerprint density at radius 3 is 2.68 bits per heavy atom. The average Bonchev–Trinajstić information content (AvgIpc) is 2.40. The molecule has 0 spiro atoms. The Morgan fingerprint density at radius 1 is 1.37 bits per heavy atom. The summed E-state index contributed by atoms with van der Waals surface area (Å²) < 4.78 is 18.9. The van der Waals surface area contributed by atoms with Gasteiger partial charge in [-0.2, -0.15) is 0 Å². The van der Waals surface area contributed by atoms with Crippen LogP contribution in [0.25, 0.3) is 0 Å². The molecule has 0 fully saturated rings. The summed E-state index contributed by atoms with van der Waals surface area (Å²) in [6.07, 6.45) is 2.74. The highest BCUT2D eigenvalue weighted by Crippen LogP contribution is 2.34. The summed E-state index contributed by atoms with van der Waals surface area (Å²) in [5.74, 6) is 0.170. The Balaban J connectivity index is 2.25. The summed E-state index contributed by atoms with van der Waals surface area (Å²) in [6, 6.07) is 3.98. The van der Waals surface area contributed by atoms with Crippen molar-refractivity contribution < 1.29 is 14.2 Å². The second-order valence-electron chi connectivity index (χ2n) is 4.54. The van der Waals surface area contributed by atoms with Crippen LogP contribution >= 0.6 is 0 Å². The quantitative estimate of drug-likeness (QED) is 0.827. The SMILES string of the molecule is C=CCN(CC=C)C1COc2ccc(F)cc2C1O. The number of hydrogen-bond donors (Lipinski definition) is 1. The molecule has 0 aromatic heterocycles. The van der Waals surface area contributed by atoms with Crippen LogP contribution in [0.3, 0.4) is 0 Å². The maximum atomic E-state index is 13.3. The van der Waals surface area contributed by atoms with Crippen LogP contribution in [0.5, 0.6) is 5.75 Å². The molecule has 0 saturated carbocycles. The van der Waals surface area contributed by atoms with Crippen LogP contribution in [-0.2, 0) is 0 Å². The minimum Gasteiger partial charge on any atom is -0.491 e. The fourth-order valence-electron chi connectivity index (χ4n) is 2.34. The van der Waals surface area contributed by atoms with Gasteiger partial charge in [-0.15, -0.1) is 13.2 Å². The molecule has 1 N–H and O–H groups in total. The first-order valence-corrected chi connectivity index (χ1v) is 6.23. The summed E-state index contributed by atoms with van der Waals surface area (Å²) in [5.41, 5.74) is 0.495. The van der Waals surface area contributed by atoms with Gasteiger partial charge in [-0.05, 0) is 18.2 Å². The maximum Gasteiger partial charge on any atom is 0.125 e. The molecule has 19 heavy (non-hydrogen) atoms. The summed E-state index contributed by atoms with van der Waals surface area (Å²) in [6.45, 7) is 8.99. The third-order valence-corrected chi connectivity index (χ3v) is 3.26. The highest BCUT2D eigenvalue weighted by Gasteiger charge is 2.33. The van der Waals surface area contributed by atoms with Crippen molar-refractivity contribution in [2.45, 2.75) is 12.1 Å². The van der Waals surface area contributed by atoms with Gasteiger partial charge in [-0.1, -0.05) is 12.2 Å². The minimum absolute atomic E-state index is 0.231. The molecule has 0 amide bonds. The first kappa shape index (κ1) is 13.8. The van der Waals surface area contributed by atoms with E-state index in [9.17, 15) is 9.50 Å². The minimum atomic E-state index is -0.778. The molecule has 1 aliphatic heterocycles. The van der Waals surface area contributed by atoms with E-state index in [2.05, 4.69) is 13.2 Å². The van der Waals surface area contributed by atoms with Crippen LogP contribution in [0.2, 0.25) is 0 Å². The number of aliphatic hydroxyl groups excluding tert-OH is 1. The van der Waals surface area contributed by atoms with Gasteiger partial charge in [0.1, 0.15) is 24.3 Å². The molecule has 1 aromatic carbocycles. The van der Waals surface area contributed by atoms with Gasteiger partial charge in [-0.25, -0.2) is 4.39 Å². The van der Waals surface area contributed by atoms with Gasteiger partial charge >= 0.3 is 0 Å². The Labute approximate surface area is 112 Å². The van der Waals surface area contributed by atoms with Crippen molar-refractivity contribution >= 4 is 0 Å². The first-order chi connectivity index (χ1) is 9.17. The van der Waals surface area contributed by atoms with E-state index in [0.29, 0.717) is 31.0 Å². The second-order valence-corrected chi connectivity index (χ2v) is 4.54. The third-order valence-electron chi connectivity index (χ3n) is 3.26. The van der Waals surface area contributed by atoms with Gasteiger partial charge in [0.25, 0.3) is 0 Å². The number of ether oxygens (including phenoxy) is 1. The van der Waals surface area contributed by atoms with Gasteiger partial charge in [0.05, 0.1) is 6.04 Å². The number of halogens is 1. The molecule has 2 rings (SSSR count). The van der Waals surface area contributed by atoms with Crippen molar-refractivity contribution in [1.29, 1.82) is 0 Å². The molecule has 0 aliphatic carbocycles. The van der Waals surface area contributed by atoms with E-state index in [1.54, 1.807) is 18.2 Å². The van der Waals surface area contributed by atoms with Gasteiger partial charge < -0.3 is 9.84 Å². The molecule has 1 aromatic rings. The molecule has 102 valence electrons. The summed E-state index contributed by atoms with van der Waals surface area (Å²) >= 11 is 0. The van der Waals surface area contributed by atoms with E-state index in [-0.39, 0.29) is 11.9 Å². The van der Waals surface area contributed by atoms with E-state index < -0.39 is 6.10 Å². The lowest BCUT2D eigenvalue weighted by atomic mass is 9.97. The van der Waals surface area contributed by atoms with Crippen LogP contribution < -0.4 is 4.74 Å². The highest BCUT2D eigenvalue weighted by atomic mass is 19.1. The number of fused-ring (bicyclic) bond motifs is 1. The lowest BCUT2D eigenvalue weighted by Crippen LogP contribution is -2.46. The van der Waals surface area contributed by atoms with E-state index in [1.165, 1.54) is 12.1 Å². The molecule has 1 heterocycles. The van der Waals surface area contributed by atoms with E-state index in [1.807, 2.05) is 4.90 Å². The summed E-state index contributed by atoms with van der Waals surface area (Å²) in [7, 11) is 0. The number of nitrogens with zero attached hydrogens (tertiary/aromatic N) is 1. The summed E-state index contributed by atoms with van der Waals surface area (Å²) in [4.78, 5) is 2.00. The highest BCUT2D eigenvalue weighted by molar-refractivity contribution is 5.38. The fourth-order valence-corrected chi connectivity index (χ4v) is 2.34. The molecule has 3 nitrogen and oxygen atoms in total. The Kier molecular flexibility index (Phi) is 4.35. The maximum absolute atomic E-state index is 13.3. The third kappa shape index (κ3) is 2.85. The van der Waals surface area contributed by atoms with Gasteiger partial charge in [0.2, 0.25) is 0 Å². The van der Waals surface area contributed by atoms with Crippen LogP contribution in [0.1, 0.15) is 11.7 Å². The lowest BCUT2D eigenvalue weighted by Gasteiger charge is -2.37. The number of hydrogen-bond acceptors (Lipinski definition) is 3. The molecular formula is C15H18FNO2. The zero-order valence-electron chi connectivity index (χ0n) is 10.8. The van der Waals surface area contributed by atoms with Crippen molar-refractivity contribution in [2.75, 3.05) is 19.7 Å². The number of rotatable bonds is 5. The van der Waals surface area contributed by atoms with Crippen LogP contribution in [0.4, 0.5) is 4.39 Å². The lowest BCUT2D eigenvalue weighted by molar-refractivity contribution is 0.0132. The largest absolute Gasteiger partial charge is 0.491 e. The molecular weight excluding hydrogens is 245 g/mol. The zero-order valence-corrected chi connectivity index (χ0v) is 10.8. The molecule has 0 bridgehead atoms. The van der Waals surface area contributed by atoms with E-state index >= 15 is 0 Å². The Hall–Kier alpha value is -1.65. The van der Waals surface area contributed by atoms with E-state index in [0.717, 1.165) is 0 Å². The topological polar surface area (TPSA) is 32.7 Å². The van der Waals surface area contributed by atoms with Crippen molar-refractivity contribution in [1.82, 2.24) is 4.90 Å². The van der Waals surface area contributed by atoms with Crippen molar-refractivity contribution in [2.24, 2.45) is 0 Å². The van der Waals surface area contributed by atoms with Crippen molar-refractivity contribution in [3.05, 3.63) is 54.9 Å². The Bertz CT molecular complexity index is 465. The monoisotopic (exact) mass is 263 g/mol. The van der Waals surface area contributed by atoms with E-state index in [4.69, 9.17) is 4.74 Å². The van der Waals surface area contributed by atoms with Crippen molar-refractivity contribution in [3.8, 4) is 5.75 Å². The van der Waals surface area contributed by atoms with Crippen LogP contribution in [0, 0.1) is 5.82 Å². The molecule has 1 aliphatic rings. The predicted molar refractivity (Wildman–Crippen MR) is 72.6 cm³/mol. The molecule has 2 unspecified atom stereocenters. The van der Waals surface area contributed by atoms with Crippen LogP contribution in [0.15, 0.2) is 43.5 Å². The molecule has 0 saturated heterocycles. The smallest absolute Gasteiger partial charge is 0.125 e. The zero-order chi connectivity index (χ0) is 13.8. The molecule has 0 radical (unpaired) electrons. The van der Waals surface area contributed by atoms with Gasteiger partial charge in [0.15, 0.2) is 0 Å². The first-order valence-electron chi connectivity index (χ1n) is 6.23. The van der Waals surface area contributed by atoms with Crippen LogP contribution in [-0.4, -0.2) is 35.7 Å². The number of aliphatic hydroxyl groups is 1. The predicted octanol–water partition coefficient (Wildman–Crippen LogP) is 2.29.